The third-order valence-electron chi connectivity index (χ3n) is 4.24. The zero-order valence-electron chi connectivity index (χ0n) is 17.4. The van der Waals surface area contributed by atoms with E-state index >= 15 is 0 Å². The van der Waals surface area contributed by atoms with Gasteiger partial charge >= 0.3 is 6.09 Å². The van der Waals surface area contributed by atoms with E-state index in [0.29, 0.717) is 17.1 Å². The topological polar surface area (TPSA) is 141 Å². The molecule has 3 aromatic heterocycles. The number of hydrogen-bond acceptors (Lipinski definition) is 8. The SMILES string of the molecule is Cc1nc(-c2nnn(C)c2NC(=O)O[C@H](C)c2cc(F)ncc2Cl)ccc1NS(C)(=O)=O. The minimum Gasteiger partial charge on any atom is -0.441 e. The van der Waals surface area contributed by atoms with Crippen molar-refractivity contribution in [3.05, 3.63) is 46.6 Å². The number of carbonyl (C=O) groups excluding carboxylic acids is 1. The molecule has 1 atom stereocenters. The van der Waals surface area contributed by atoms with Crippen molar-refractivity contribution in [3.63, 3.8) is 0 Å². The van der Waals surface area contributed by atoms with Crippen LogP contribution in [0, 0.1) is 12.9 Å². The number of halogens is 2. The molecule has 0 radical (unpaired) electrons. The summed E-state index contributed by atoms with van der Waals surface area (Å²) in [6.07, 6.45) is 0.435. The molecule has 14 heteroatoms. The van der Waals surface area contributed by atoms with E-state index in [4.69, 9.17) is 16.3 Å². The lowest BCUT2D eigenvalue weighted by Crippen LogP contribution is -2.19. The van der Waals surface area contributed by atoms with Gasteiger partial charge in [-0.1, -0.05) is 16.8 Å². The van der Waals surface area contributed by atoms with Gasteiger partial charge in [0, 0.05) is 24.9 Å². The van der Waals surface area contributed by atoms with Gasteiger partial charge in [0.2, 0.25) is 16.0 Å². The van der Waals surface area contributed by atoms with Gasteiger partial charge < -0.3 is 4.74 Å². The maximum atomic E-state index is 13.4. The summed E-state index contributed by atoms with van der Waals surface area (Å²) >= 11 is 6.00. The van der Waals surface area contributed by atoms with Crippen LogP contribution in [0.1, 0.15) is 24.3 Å². The van der Waals surface area contributed by atoms with Crippen molar-refractivity contribution in [1.82, 2.24) is 25.0 Å². The number of nitrogens with zero attached hydrogens (tertiary/aromatic N) is 5. The van der Waals surface area contributed by atoms with E-state index in [9.17, 15) is 17.6 Å². The minimum atomic E-state index is -3.47. The third-order valence-corrected chi connectivity index (χ3v) is 5.15. The maximum Gasteiger partial charge on any atom is 0.413 e. The fourth-order valence-electron chi connectivity index (χ4n) is 2.76. The standard InChI is InChI=1S/C18H19ClFN7O4S/c1-9-13(25-32(4,29)30)5-6-14(22-9)16-17(27(3)26-24-16)23-18(28)31-10(2)11-7-15(20)21-8-12(11)19/h5-8,10,25H,1-4H3,(H,23,28)/t10-/m1/s1. The molecule has 170 valence electrons. The van der Waals surface area contributed by atoms with Crippen LogP contribution < -0.4 is 10.0 Å². The summed E-state index contributed by atoms with van der Waals surface area (Å²) < 4.78 is 45.3. The zero-order valence-corrected chi connectivity index (χ0v) is 19.0. The number of anilines is 2. The molecular formula is C18H19ClFN7O4S. The molecule has 0 aliphatic heterocycles. The molecule has 0 aromatic carbocycles. The minimum absolute atomic E-state index is 0.150. The van der Waals surface area contributed by atoms with Gasteiger partial charge in [-0.05, 0) is 26.0 Å². The van der Waals surface area contributed by atoms with Gasteiger partial charge in [0.15, 0.2) is 11.5 Å². The van der Waals surface area contributed by atoms with Crippen molar-refractivity contribution in [2.45, 2.75) is 20.0 Å². The Balaban J connectivity index is 1.81. The molecule has 0 bridgehead atoms. The lowest BCUT2D eigenvalue weighted by molar-refractivity contribution is 0.120. The average molecular weight is 484 g/mol. The maximum absolute atomic E-state index is 13.4. The first-order valence-corrected chi connectivity index (χ1v) is 11.4. The van der Waals surface area contributed by atoms with Gasteiger partial charge in [-0.3, -0.25) is 10.0 Å². The van der Waals surface area contributed by atoms with E-state index in [-0.39, 0.29) is 22.1 Å². The average Bonchev–Trinajstić information content (AvgIpc) is 3.04. The number of sulfonamides is 1. The molecule has 3 heterocycles. The van der Waals surface area contributed by atoms with Gasteiger partial charge in [-0.15, -0.1) is 5.10 Å². The Hall–Kier alpha value is -3.32. The molecule has 0 unspecified atom stereocenters. The molecule has 0 aliphatic carbocycles. The van der Waals surface area contributed by atoms with Crippen LogP contribution in [-0.2, 0) is 21.8 Å². The summed E-state index contributed by atoms with van der Waals surface area (Å²) in [5, 5.41) is 10.6. The van der Waals surface area contributed by atoms with E-state index in [1.807, 2.05) is 0 Å². The fourth-order valence-corrected chi connectivity index (χ4v) is 3.63. The summed E-state index contributed by atoms with van der Waals surface area (Å²) in [5.41, 5.74) is 1.54. The first-order valence-electron chi connectivity index (χ1n) is 9.08. The molecule has 3 rings (SSSR count). The monoisotopic (exact) mass is 483 g/mol. The molecule has 1 amide bonds. The van der Waals surface area contributed by atoms with Crippen molar-refractivity contribution in [1.29, 1.82) is 0 Å². The molecular weight excluding hydrogens is 465 g/mol. The molecule has 11 nitrogen and oxygen atoms in total. The summed E-state index contributed by atoms with van der Waals surface area (Å²) in [7, 11) is -1.92. The predicted octanol–water partition coefficient (Wildman–Crippen LogP) is 3.05. The van der Waals surface area contributed by atoms with E-state index in [2.05, 4.69) is 30.3 Å². The zero-order chi connectivity index (χ0) is 23.6. The Morgan fingerprint density at radius 1 is 1.34 bits per heavy atom. The van der Waals surface area contributed by atoms with Crippen LogP contribution in [0.25, 0.3) is 11.4 Å². The van der Waals surface area contributed by atoms with Crippen molar-refractivity contribution in [3.8, 4) is 11.4 Å². The summed E-state index contributed by atoms with van der Waals surface area (Å²) in [4.78, 5) is 20.2. The summed E-state index contributed by atoms with van der Waals surface area (Å²) in [6, 6.07) is 4.14. The third kappa shape index (κ3) is 5.48. The Labute approximate surface area is 188 Å². The van der Waals surface area contributed by atoms with Gasteiger partial charge in [-0.25, -0.2) is 27.9 Å². The second-order valence-corrected chi connectivity index (χ2v) is 8.97. The van der Waals surface area contributed by atoms with Gasteiger partial charge in [0.25, 0.3) is 0 Å². The number of nitrogens with one attached hydrogen (secondary N) is 2. The molecule has 0 aliphatic rings. The van der Waals surface area contributed by atoms with Crippen molar-refractivity contribution < 1.29 is 22.3 Å². The number of carbonyl (C=O) groups is 1. The Morgan fingerprint density at radius 2 is 2.06 bits per heavy atom. The van der Waals surface area contributed by atoms with Crippen LogP contribution in [-0.4, -0.2) is 45.7 Å². The van der Waals surface area contributed by atoms with Crippen LogP contribution in [0.5, 0.6) is 0 Å². The Morgan fingerprint density at radius 3 is 2.72 bits per heavy atom. The van der Waals surface area contributed by atoms with E-state index in [1.165, 1.54) is 23.7 Å². The van der Waals surface area contributed by atoms with Gasteiger partial charge in [0.1, 0.15) is 6.10 Å². The van der Waals surface area contributed by atoms with Crippen LogP contribution in [0.3, 0.4) is 0 Å². The highest BCUT2D eigenvalue weighted by atomic mass is 35.5. The largest absolute Gasteiger partial charge is 0.441 e. The number of amides is 1. The van der Waals surface area contributed by atoms with Crippen molar-refractivity contribution >= 4 is 39.2 Å². The fraction of sp³-hybridized carbons (Fsp3) is 0.278. The van der Waals surface area contributed by atoms with E-state index in [1.54, 1.807) is 14.0 Å². The van der Waals surface area contributed by atoms with Crippen molar-refractivity contribution in [2.75, 3.05) is 16.3 Å². The molecule has 0 saturated heterocycles. The lowest BCUT2D eigenvalue weighted by atomic mass is 10.2. The van der Waals surface area contributed by atoms with Gasteiger partial charge in [0.05, 0.1) is 28.4 Å². The number of ether oxygens (including phenoxy) is 1. The van der Waals surface area contributed by atoms with Crippen LogP contribution >= 0.6 is 11.6 Å². The normalized spacial score (nSPS) is 12.3. The van der Waals surface area contributed by atoms with E-state index < -0.39 is 28.2 Å². The van der Waals surface area contributed by atoms with E-state index in [0.717, 1.165) is 18.5 Å². The molecule has 0 spiro atoms. The smallest absolute Gasteiger partial charge is 0.413 e. The van der Waals surface area contributed by atoms with Crippen LogP contribution in [0.2, 0.25) is 5.02 Å². The van der Waals surface area contributed by atoms with Crippen LogP contribution in [0.15, 0.2) is 24.4 Å². The molecule has 3 aromatic rings. The predicted molar refractivity (Wildman–Crippen MR) is 115 cm³/mol. The Bertz CT molecular complexity index is 1280. The number of aromatic nitrogens is 5. The number of aryl methyl sites for hydroxylation is 2. The highest BCUT2D eigenvalue weighted by molar-refractivity contribution is 7.92. The summed E-state index contributed by atoms with van der Waals surface area (Å²) in [5.74, 6) is -0.571. The first kappa shape index (κ1) is 23.3. The quantitative estimate of drug-likeness (QED) is 0.509. The number of rotatable bonds is 6. The molecule has 0 saturated carbocycles. The molecule has 2 N–H and O–H groups in total. The van der Waals surface area contributed by atoms with Crippen LogP contribution in [0.4, 0.5) is 20.7 Å². The highest BCUT2D eigenvalue weighted by Crippen LogP contribution is 2.28. The second kappa shape index (κ2) is 9.04. The molecule has 0 fully saturated rings. The summed E-state index contributed by atoms with van der Waals surface area (Å²) in [6.45, 7) is 3.15. The number of pyridine rings is 2. The molecule has 32 heavy (non-hydrogen) atoms. The highest BCUT2D eigenvalue weighted by Gasteiger charge is 2.21. The first-order chi connectivity index (χ1) is 14.9. The second-order valence-electron chi connectivity index (χ2n) is 6.82. The lowest BCUT2D eigenvalue weighted by Gasteiger charge is -2.15. The van der Waals surface area contributed by atoms with Gasteiger partial charge in [-0.2, -0.15) is 4.39 Å². The Kier molecular flexibility index (Phi) is 6.60. The van der Waals surface area contributed by atoms with Crippen molar-refractivity contribution in [2.24, 2.45) is 7.05 Å². The number of hydrogen-bond donors (Lipinski definition) is 2.